The van der Waals surface area contributed by atoms with Gasteiger partial charge in [0.25, 0.3) is 11.2 Å². The summed E-state index contributed by atoms with van der Waals surface area (Å²) < 4.78 is 40.5. The highest BCUT2D eigenvalue weighted by Crippen LogP contribution is 2.29. The number of nitrogens with zero attached hydrogens (tertiary/aromatic N) is 3. The van der Waals surface area contributed by atoms with Crippen molar-refractivity contribution < 1.29 is 18.1 Å². The van der Waals surface area contributed by atoms with E-state index in [0.29, 0.717) is 22.9 Å². The number of nitrogens with one attached hydrogen (secondary N) is 1. The highest BCUT2D eigenvalue weighted by Gasteiger charge is 2.34. The lowest BCUT2D eigenvalue weighted by Crippen LogP contribution is -2.27. The molecule has 10 heteroatoms. The van der Waals surface area contributed by atoms with E-state index in [1.54, 1.807) is 37.3 Å². The zero-order valence-electron chi connectivity index (χ0n) is 15.1. The van der Waals surface area contributed by atoms with Crippen molar-refractivity contribution in [1.82, 2.24) is 9.55 Å². The number of hydrogen-bond donors (Lipinski definition) is 1. The van der Waals surface area contributed by atoms with Crippen LogP contribution >= 0.6 is 0 Å². The first-order valence-electron chi connectivity index (χ1n) is 8.40. The van der Waals surface area contributed by atoms with Crippen molar-refractivity contribution in [3.05, 3.63) is 91.9 Å². The summed E-state index contributed by atoms with van der Waals surface area (Å²) in [4.78, 5) is 26.3. The van der Waals surface area contributed by atoms with Crippen LogP contribution in [0, 0.1) is 17.0 Å². The Balaban J connectivity index is 2.08. The molecule has 150 valence electrons. The molecule has 0 aliphatic carbocycles. The van der Waals surface area contributed by atoms with Gasteiger partial charge in [0.1, 0.15) is 0 Å². The normalized spacial score (nSPS) is 11.3. The number of alkyl halides is 3. The summed E-state index contributed by atoms with van der Waals surface area (Å²) in [6.07, 6.45) is -4.80. The zero-order chi connectivity index (χ0) is 21.2. The Labute approximate surface area is 162 Å². The minimum absolute atomic E-state index is 0.000821. The minimum atomic E-state index is -4.80. The van der Waals surface area contributed by atoms with Gasteiger partial charge in [0.15, 0.2) is 5.69 Å². The SMILES string of the molecule is Cc1cc([N+](=O)[O-])ccc1Nc1nc(C(F)(F)F)cc(=O)n1Cc1ccccc1. The van der Waals surface area contributed by atoms with Crippen LogP contribution in [0.4, 0.5) is 30.5 Å². The molecule has 0 bridgehead atoms. The van der Waals surface area contributed by atoms with Crippen LogP contribution in [0.3, 0.4) is 0 Å². The van der Waals surface area contributed by atoms with Gasteiger partial charge in [-0.05, 0) is 24.1 Å². The number of aryl methyl sites for hydroxylation is 1. The van der Waals surface area contributed by atoms with Gasteiger partial charge in [-0.25, -0.2) is 4.98 Å². The Hall–Kier alpha value is -3.69. The van der Waals surface area contributed by atoms with Gasteiger partial charge < -0.3 is 5.32 Å². The molecule has 0 fully saturated rings. The molecule has 0 saturated carbocycles. The smallest absolute Gasteiger partial charge is 0.325 e. The average molecular weight is 404 g/mol. The van der Waals surface area contributed by atoms with Crippen LogP contribution in [0.1, 0.15) is 16.8 Å². The number of halogens is 3. The first kappa shape index (κ1) is 20.1. The molecule has 1 N–H and O–H groups in total. The summed E-state index contributed by atoms with van der Waals surface area (Å²) in [5.41, 5.74) is -0.959. The number of nitro benzene ring substituents is 1. The standard InChI is InChI=1S/C19H15F3N4O3/c1-12-9-14(26(28)29)7-8-15(12)23-18-24-16(19(20,21)22)10-17(27)25(18)11-13-5-3-2-4-6-13/h2-10H,11H2,1H3,(H,23,24). The highest BCUT2D eigenvalue weighted by atomic mass is 19.4. The summed E-state index contributed by atoms with van der Waals surface area (Å²) in [6, 6.07) is 13.0. The molecule has 2 aromatic carbocycles. The minimum Gasteiger partial charge on any atom is -0.325 e. The summed E-state index contributed by atoms with van der Waals surface area (Å²) in [7, 11) is 0. The average Bonchev–Trinajstić information content (AvgIpc) is 2.65. The lowest BCUT2D eigenvalue weighted by atomic mass is 10.2. The van der Waals surface area contributed by atoms with E-state index in [1.807, 2.05) is 0 Å². The molecule has 0 unspecified atom stereocenters. The number of benzene rings is 2. The van der Waals surface area contributed by atoms with E-state index < -0.39 is 22.4 Å². The third-order valence-electron chi connectivity index (χ3n) is 4.15. The fraction of sp³-hybridized carbons (Fsp3) is 0.158. The lowest BCUT2D eigenvalue weighted by Gasteiger charge is -2.17. The second-order valence-corrected chi connectivity index (χ2v) is 6.25. The maximum Gasteiger partial charge on any atom is 0.433 e. The maximum atomic E-state index is 13.2. The number of anilines is 2. The molecule has 3 rings (SSSR count). The van der Waals surface area contributed by atoms with E-state index >= 15 is 0 Å². The van der Waals surface area contributed by atoms with Crippen LogP contribution in [0.25, 0.3) is 0 Å². The molecule has 0 radical (unpaired) electrons. The number of nitro groups is 1. The molecular formula is C19H15F3N4O3. The Morgan fingerprint density at radius 2 is 1.83 bits per heavy atom. The zero-order valence-corrected chi connectivity index (χ0v) is 15.1. The van der Waals surface area contributed by atoms with E-state index in [1.165, 1.54) is 18.2 Å². The lowest BCUT2D eigenvalue weighted by molar-refractivity contribution is -0.384. The van der Waals surface area contributed by atoms with E-state index in [4.69, 9.17) is 0 Å². The van der Waals surface area contributed by atoms with Crippen LogP contribution < -0.4 is 10.9 Å². The Morgan fingerprint density at radius 1 is 1.14 bits per heavy atom. The molecule has 0 aliphatic heterocycles. The van der Waals surface area contributed by atoms with Crippen LogP contribution in [0.2, 0.25) is 0 Å². The van der Waals surface area contributed by atoms with Gasteiger partial charge in [0.05, 0.1) is 11.5 Å². The topological polar surface area (TPSA) is 90.1 Å². The molecule has 1 heterocycles. The van der Waals surface area contributed by atoms with Crippen LogP contribution in [0.5, 0.6) is 0 Å². The number of hydrogen-bond acceptors (Lipinski definition) is 5. The Bertz CT molecular complexity index is 1110. The molecule has 3 aromatic rings. The van der Waals surface area contributed by atoms with Gasteiger partial charge in [-0.3, -0.25) is 19.5 Å². The third-order valence-corrected chi connectivity index (χ3v) is 4.15. The van der Waals surface area contributed by atoms with E-state index in [0.717, 1.165) is 4.57 Å². The summed E-state index contributed by atoms with van der Waals surface area (Å²) in [6.45, 7) is 1.56. The first-order chi connectivity index (χ1) is 13.6. The molecular weight excluding hydrogens is 389 g/mol. The maximum absolute atomic E-state index is 13.2. The fourth-order valence-corrected chi connectivity index (χ4v) is 2.69. The van der Waals surface area contributed by atoms with Gasteiger partial charge in [0, 0.05) is 23.9 Å². The Morgan fingerprint density at radius 3 is 2.41 bits per heavy atom. The predicted molar refractivity (Wildman–Crippen MR) is 100 cm³/mol. The largest absolute Gasteiger partial charge is 0.433 e. The van der Waals surface area contributed by atoms with Crippen molar-refractivity contribution in [3.63, 3.8) is 0 Å². The molecule has 0 spiro atoms. The second kappa shape index (κ2) is 7.74. The summed E-state index contributed by atoms with van der Waals surface area (Å²) in [5.74, 6) is -0.314. The molecule has 0 saturated heterocycles. The van der Waals surface area contributed by atoms with Crippen molar-refractivity contribution in [2.24, 2.45) is 0 Å². The fourth-order valence-electron chi connectivity index (χ4n) is 2.69. The third kappa shape index (κ3) is 4.60. The van der Waals surface area contributed by atoms with Gasteiger partial charge in [0.2, 0.25) is 5.95 Å². The number of non-ortho nitro benzene ring substituents is 1. The molecule has 0 atom stereocenters. The second-order valence-electron chi connectivity index (χ2n) is 6.25. The molecule has 1 aromatic heterocycles. The highest BCUT2D eigenvalue weighted by molar-refractivity contribution is 5.61. The number of rotatable bonds is 5. The predicted octanol–water partition coefficient (Wildman–Crippen LogP) is 4.27. The van der Waals surface area contributed by atoms with Gasteiger partial charge in [-0.2, -0.15) is 13.2 Å². The Kier molecular flexibility index (Phi) is 5.35. The number of aromatic nitrogens is 2. The van der Waals surface area contributed by atoms with Crippen molar-refractivity contribution in [2.45, 2.75) is 19.6 Å². The quantitative estimate of drug-likeness (QED) is 0.507. The molecule has 0 aliphatic rings. The van der Waals surface area contributed by atoms with Gasteiger partial charge in [-0.1, -0.05) is 30.3 Å². The summed E-state index contributed by atoms with van der Waals surface area (Å²) >= 11 is 0. The van der Waals surface area contributed by atoms with E-state index in [2.05, 4.69) is 10.3 Å². The van der Waals surface area contributed by atoms with E-state index in [-0.39, 0.29) is 18.2 Å². The van der Waals surface area contributed by atoms with E-state index in [9.17, 15) is 28.1 Å². The summed E-state index contributed by atoms with van der Waals surface area (Å²) in [5, 5.41) is 13.6. The van der Waals surface area contributed by atoms with Crippen molar-refractivity contribution in [3.8, 4) is 0 Å². The van der Waals surface area contributed by atoms with Gasteiger partial charge in [-0.15, -0.1) is 0 Å². The van der Waals surface area contributed by atoms with Crippen LogP contribution in [0.15, 0.2) is 59.4 Å². The van der Waals surface area contributed by atoms with Crippen LogP contribution in [-0.2, 0) is 12.7 Å². The van der Waals surface area contributed by atoms with Crippen LogP contribution in [-0.4, -0.2) is 14.5 Å². The molecule has 29 heavy (non-hydrogen) atoms. The van der Waals surface area contributed by atoms with Crippen molar-refractivity contribution in [1.29, 1.82) is 0 Å². The monoisotopic (exact) mass is 404 g/mol. The molecule has 0 amide bonds. The van der Waals surface area contributed by atoms with Gasteiger partial charge >= 0.3 is 6.18 Å². The van der Waals surface area contributed by atoms with Crippen molar-refractivity contribution in [2.75, 3.05) is 5.32 Å². The first-order valence-corrected chi connectivity index (χ1v) is 8.40. The molecule has 7 nitrogen and oxygen atoms in total. The van der Waals surface area contributed by atoms with Crippen molar-refractivity contribution >= 4 is 17.3 Å².